The molecule has 6 nitrogen and oxygen atoms in total. The number of urea groups is 1. The van der Waals surface area contributed by atoms with Gasteiger partial charge in [-0.2, -0.15) is 5.06 Å². The van der Waals surface area contributed by atoms with Crippen LogP contribution in [0.2, 0.25) is 0 Å². The number of carboxylic acid groups (broad SMARTS) is 1. The molecule has 2 fully saturated rings. The van der Waals surface area contributed by atoms with Gasteiger partial charge >= 0.3 is 35.6 Å². The largest absolute Gasteiger partial charge is 1.00 e. The van der Waals surface area contributed by atoms with E-state index in [0.29, 0.717) is 19.4 Å². The van der Waals surface area contributed by atoms with Crippen LogP contribution in [0.15, 0.2) is 37.0 Å². The Balaban J connectivity index is 0.00000220. The van der Waals surface area contributed by atoms with E-state index in [9.17, 15) is 14.7 Å². The van der Waals surface area contributed by atoms with Gasteiger partial charge in [0.25, 0.3) is 0 Å². The van der Waals surface area contributed by atoms with Crippen LogP contribution in [0, 0.1) is 0 Å². The second-order valence-electron chi connectivity index (χ2n) is 4.78. The maximum Gasteiger partial charge on any atom is 1.00 e. The summed E-state index contributed by atoms with van der Waals surface area (Å²) < 4.78 is 0. The van der Waals surface area contributed by atoms with E-state index in [0.717, 1.165) is 5.57 Å². The molecule has 0 aliphatic carbocycles. The van der Waals surface area contributed by atoms with Crippen molar-refractivity contribution in [3.63, 3.8) is 0 Å². The monoisotopic (exact) mass is 300 g/mol. The number of hydrogen-bond acceptors (Lipinski definition) is 4. The van der Waals surface area contributed by atoms with E-state index < -0.39 is 18.0 Å². The Morgan fingerprint density at radius 3 is 2.71 bits per heavy atom. The van der Waals surface area contributed by atoms with Crippen molar-refractivity contribution in [1.82, 2.24) is 9.96 Å². The molecule has 0 spiro atoms. The van der Waals surface area contributed by atoms with Gasteiger partial charge in [-0.1, -0.05) is 31.4 Å². The van der Waals surface area contributed by atoms with Gasteiger partial charge in [0.1, 0.15) is 6.61 Å². The fraction of sp³-hybridized carbons (Fsp3) is 0.429. The van der Waals surface area contributed by atoms with Crippen molar-refractivity contribution in [2.24, 2.45) is 0 Å². The predicted molar refractivity (Wildman–Crippen MR) is 70.2 cm³/mol. The maximum atomic E-state index is 12.1. The number of amides is 2. The molecule has 2 saturated heterocycles. The molecule has 2 amide bonds. The summed E-state index contributed by atoms with van der Waals surface area (Å²) in [5.41, 5.74) is 0.792. The Morgan fingerprint density at radius 2 is 2.14 bits per heavy atom. The van der Waals surface area contributed by atoms with Crippen LogP contribution in [0.4, 0.5) is 4.79 Å². The van der Waals surface area contributed by atoms with Crippen LogP contribution in [0.5, 0.6) is 0 Å². The number of fused-ring (bicyclic) bond motifs is 2. The van der Waals surface area contributed by atoms with Crippen LogP contribution in [0.3, 0.4) is 0 Å². The average molecular weight is 300 g/mol. The summed E-state index contributed by atoms with van der Waals surface area (Å²) in [4.78, 5) is 29.9. The molecule has 0 aromatic carbocycles. The smallest absolute Gasteiger partial charge is 0.548 e. The normalized spacial score (nSPS) is 24.6. The molecule has 21 heavy (non-hydrogen) atoms. The molecule has 0 aromatic heterocycles. The number of allylic oxidation sites excluding steroid dienone is 2. The summed E-state index contributed by atoms with van der Waals surface area (Å²) in [5, 5.41) is 12.3. The second kappa shape index (κ2) is 7.79. The number of piperidine rings is 1. The zero-order chi connectivity index (χ0) is 14.7. The molecule has 2 atom stereocenters. The minimum Gasteiger partial charge on any atom is -0.548 e. The van der Waals surface area contributed by atoms with Gasteiger partial charge in [-0.3, -0.25) is 4.84 Å². The molecule has 108 valence electrons. The van der Waals surface area contributed by atoms with Crippen molar-refractivity contribution < 1.29 is 49.1 Å². The number of hydroxylamine groups is 2. The van der Waals surface area contributed by atoms with Gasteiger partial charge in [0.2, 0.25) is 0 Å². The first kappa shape index (κ1) is 18.0. The zero-order valence-electron chi connectivity index (χ0n) is 12.2. The van der Waals surface area contributed by atoms with Crippen LogP contribution >= 0.6 is 0 Å². The van der Waals surface area contributed by atoms with Gasteiger partial charge in [-0.25, -0.2) is 4.79 Å². The van der Waals surface area contributed by atoms with Crippen molar-refractivity contribution in [2.45, 2.75) is 24.9 Å². The molecule has 0 unspecified atom stereocenters. The van der Waals surface area contributed by atoms with Gasteiger partial charge in [0, 0.05) is 6.54 Å². The minimum atomic E-state index is -1.21. The van der Waals surface area contributed by atoms with Crippen molar-refractivity contribution >= 4 is 12.0 Å². The van der Waals surface area contributed by atoms with E-state index in [4.69, 9.17) is 4.84 Å². The molecule has 2 bridgehead atoms. The fourth-order valence-electron chi connectivity index (χ4n) is 2.51. The maximum absolute atomic E-state index is 12.1. The van der Waals surface area contributed by atoms with Crippen molar-refractivity contribution in [2.75, 3.05) is 13.2 Å². The van der Waals surface area contributed by atoms with Crippen molar-refractivity contribution in [3.05, 3.63) is 37.0 Å². The molecular weight excluding hydrogens is 283 g/mol. The summed E-state index contributed by atoms with van der Waals surface area (Å²) >= 11 is 0. The van der Waals surface area contributed by atoms with E-state index >= 15 is 0 Å². The first-order valence-electron chi connectivity index (χ1n) is 6.46. The number of carbonyl (C=O) groups excluding carboxylic acids is 2. The predicted octanol–water partition coefficient (Wildman–Crippen LogP) is -2.76. The van der Waals surface area contributed by atoms with Crippen molar-refractivity contribution in [1.29, 1.82) is 0 Å². The molecule has 0 radical (unpaired) electrons. The van der Waals surface area contributed by atoms with Gasteiger partial charge < -0.3 is 14.8 Å². The van der Waals surface area contributed by atoms with Gasteiger partial charge in [-0.15, -0.1) is 0 Å². The summed E-state index contributed by atoms with van der Waals surface area (Å²) in [6.45, 7) is 7.80. The number of aliphatic carboxylic acids is 1. The van der Waals surface area contributed by atoms with E-state index in [1.54, 1.807) is 18.2 Å². The topological polar surface area (TPSA) is 72.9 Å². The van der Waals surface area contributed by atoms with Crippen LogP contribution in [-0.4, -0.2) is 47.2 Å². The Bertz CT molecular complexity index is 478. The van der Waals surface area contributed by atoms with Gasteiger partial charge in [0.15, 0.2) is 0 Å². The minimum absolute atomic E-state index is 0. The molecule has 2 aliphatic heterocycles. The molecule has 0 saturated carbocycles. The number of carbonyl (C=O) groups is 2. The third kappa shape index (κ3) is 3.77. The number of rotatable bonds is 6. The SMILES string of the molecule is C=C/C=C(\C=C)CON1C(=O)N2C[C@H]1CC[C@H]2C(=O)[O-].[Na+]. The van der Waals surface area contributed by atoms with E-state index in [1.807, 2.05) is 0 Å². The standard InChI is InChI=1S/C14H18N2O4.Na/c1-3-5-10(4-2)9-20-16-11-6-7-12(13(17)18)15(8-11)14(16)19;/h3-5,11-12H,1-2,6-9H2,(H,17,18);/q;+1/p-1/b10-5+;/t11-,12+;/m1./s1. The van der Waals surface area contributed by atoms with Gasteiger partial charge in [0.05, 0.1) is 18.1 Å². The Morgan fingerprint density at radius 1 is 1.43 bits per heavy atom. The van der Waals surface area contributed by atoms with Crippen LogP contribution in [0.1, 0.15) is 12.8 Å². The molecule has 7 heteroatoms. The second-order valence-corrected chi connectivity index (χ2v) is 4.78. The molecular formula is C14H17N2NaO4. The molecule has 2 aliphatic rings. The van der Waals surface area contributed by atoms with E-state index in [1.165, 1.54) is 9.96 Å². The number of carboxylic acids is 1. The zero-order valence-corrected chi connectivity index (χ0v) is 14.2. The average Bonchev–Trinajstić information content (AvgIpc) is 2.67. The van der Waals surface area contributed by atoms with Crippen LogP contribution < -0.4 is 34.7 Å². The first-order valence-corrected chi connectivity index (χ1v) is 6.46. The van der Waals surface area contributed by atoms with Crippen LogP contribution in [-0.2, 0) is 9.63 Å². The van der Waals surface area contributed by atoms with Gasteiger partial charge in [-0.05, 0) is 18.4 Å². The molecule has 0 aromatic rings. The third-order valence-electron chi connectivity index (χ3n) is 3.56. The molecule has 0 N–H and O–H groups in total. The quantitative estimate of drug-likeness (QED) is 0.393. The summed E-state index contributed by atoms with van der Waals surface area (Å²) in [7, 11) is 0. The summed E-state index contributed by atoms with van der Waals surface area (Å²) in [6.07, 6.45) is 5.97. The Labute approximate surface area is 146 Å². The first-order chi connectivity index (χ1) is 9.58. The molecule has 2 heterocycles. The summed E-state index contributed by atoms with van der Waals surface area (Å²) in [6, 6.07) is -1.37. The van der Waals surface area contributed by atoms with Crippen molar-refractivity contribution in [3.8, 4) is 0 Å². The Kier molecular flexibility index (Phi) is 6.67. The number of hydrogen-bond donors (Lipinski definition) is 0. The van der Waals surface area contributed by atoms with Crippen LogP contribution in [0.25, 0.3) is 0 Å². The third-order valence-corrected chi connectivity index (χ3v) is 3.56. The Hall–Kier alpha value is -1.08. The van der Waals surface area contributed by atoms with E-state index in [-0.39, 0.29) is 42.2 Å². The molecule has 2 rings (SSSR count). The summed E-state index contributed by atoms with van der Waals surface area (Å²) in [5.74, 6) is -1.21. The number of nitrogens with zero attached hydrogens (tertiary/aromatic N) is 2. The fourth-order valence-corrected chi connectivity index (χ4v) is 2.51. The van der Waals surface area contributed by atoms with E-state index in [2.05, 4.69) is 13.2 Å².